The SMILES string of the molecule is CCN1CCN(C(=O)N2CCn3nc(C4CC4)cc3C2)C(=O)C1=O. The minimum absolute atomic E-state index is 0.264. The molecule has 1 aliphatic carbocycles. The van der Waals surface area contributed by atoms with Gasteiger partial charge in [-0.1, -0.05) is 0 Å². The molecule has 0 bridgehead atoms. The molecular weight excluding hydrogens is 310 g/mol. The van der Waals surface area contributed by atoms with E-state index in [9.17, 15) is 14.4 Å². The van der Waals surface area contributed by atoms with E-state index in [0.717, 1.165) is 16.3 Å². The number of piperazine rings is 1. The topological polar surface area (TPSA) is 78.8 Å². The molecule has 0 spiro atoms. The second-order valence-electron chi connectivity index (χ2n) is 6.60. The molecule has 1 aromatic rings. The van der Waals surface area contributed by atoms with E-state index in [-0.39, 0.29) is 12.6 Å². The molecule has 0 atom stereocenters. The number of carbonyl (C=O) groups excluding carboxylic acids is 3. The third-order valence-corrected chi connectivity index (χ3v) is 5.00. The first-order valence-electron chi connectivity index (χ1n) is 8.54. The number of fused-ring (bicyclic) bond motifs is 1. The molecule has 4 rings (SSSR count). The highest BCUT2D eigenvalue weighted by molar-refractivity contribution is 6.38. The van der Waals surface area contributed by atoms with Crippen LogP contribution in [0.5, 0.6) is 0 Å². The van der Waals surface area contributed by atoms with Crippen LogP contribution in [0.4, 0.5) is 4.79 Å². The Balaban J connectivity index is 1.47. The molecule has 0 aromatic carbocycles. The Morgan fingerprint density at radius 2 is 1.96 bits per heavy atom. The van der Waals surface area contributed by atoms with Gasteiger partial charge in [0.1, 0.15) is 0 Å². The monoisotopic (exact) mass is 331 g/mol. The molecule has 1 aromatic heterocycles. The van der Waals surface area contributed by atoms with Gasteiger partial charge >= 0.3 is 17.8 Å². The predicted octanol–water partition coefficient (Wildman–Crippen LogP) is 0.387. The first kappa shape index (κ1) is 15.2. The Kier molecular flexibility index (Phi) is 3.54. The van der Waals surface area contributed by atoms with E-state index >= 15 is 0 Å². The van der Waals surface area contributed by atoms with Crippen LogP contribution in [0.3, 0.4) is 0 Å². The van der Waals surface area contributed by atoms with Crippen LogP contribution in [0.1, 0.15) is 37.1 Å². The lowest BCUT2D eigenvalue weighted by Crippen LogP contribution is -2.59. The molecule has 128 valence electrons. The lowest BCUT2D eigenvalue weighted by molar-refractivity contribution is -0.154. The zero-order valence-corrected chi connectivity index (χ0v) is 13.8. The summed E-state index contributed by atoms with van der Waals surface area (Å²) in [6.45, 7) is 4.56. The van der Waals surface area contributed by atoms with Crippen molar-refractivity contribution in [2.45, 2.75) is 38.8 Å². The van der Waals surface area contributed by atoms with Crippen LogP contribution >= 0.6 is 0 Å². The van der Waals surface area contributed by atoms with Gasteiger partial charge in [-0.15, -0.1) is 0 Å². The van der Waals surface area contributed by atoms with Crippen LogP contribution in [-0.2, 0) is 22.7 Å². The molecule has 8 nitrogen and oxygen atoms in total. The Bertz CT molecular complexity index is 709. The van der Waals surface area contributed by atoms with E-state index in [0.29, 0.717) is 38.6 Å². The minimum atomic E-state index is -0.717. The molecule has 1 saturated heterocycles. The lowest BCUT2D eigenvalue weighted by atomic mass is 10.2. The minimum Gasteiger partial charge on any atom is -0.333 e. The molecular formula is C16H21N5O3. The molecule has 3 aliphatic rings. The Morgan fingerprint density at radius 3 is 2.67 bits per heavy atom. The molecule has 0 N–H and O–H groups in total. The van der Waals surface area contributed by atoms with Gasteiger partial charge in [-0.05, 0) is 25.8 Å². The second kappa shape index (κ2) is 5.61. The normalized spacial score (nSPS) is 21.3. The Labute approximate surface area is 140 Å². The van der Waals surface area contributed by atoms with Crippen molar-refractivity contribution < 1.29 is 14.4 Å². The highest BCUT2D eigenvalue weighted by atomic mass is 16.2. The number of aromatic nitrogens is 2. The standard InChI is InChI=1S/C16H21N5O3/c1-2-18-5-7-20(15(23)14(18)22)16(24)19-6-8-21-12(10-19)9-13(17-21)11-3-4-11/h9,11H,2-8,10H2,1H3. The van der Waals surface area contributed by atoms with Crippen molar-refractivity contribution in [1.82, 2.24) is 24.5 Å². The molecule has 4 amide bonds. The predicted molar refractivity (Wildman–Crippen MR) is 84.0 cm³/mol. The maximum absolute atomic E-state index is 12.7. The van der Waals surface area contributed by atoms with Crippen molar-refractivity contribution >= 4 is 17.8 Å². The highest BCUT2D eigenvalue weighted by Crippen LogP contribution is 2.39. The van der Waals surface area contributed by atoms with Gasteiger partial charge in [-0.2, -0.15) is 5.10 Å². The zero-order chi connectivity index (χ0) is 16.8. The molecule has 1 saturated carbocycles. The van der Waals surface area contributed by atoms with Crippen LogP contribution in [0, 0.1) is 0 Å². The summed E-state index contributed by atoms with van der Waals surface area (Å²) >= 11 is 0. The number of hydrogen-bond donors (Lipinski definition) is 0. The third kappa shape index (κ3) is 2.46. The van der Waals surface area contributed by atoms with Crippen LogP contribution in [0.15, 0.2) is 6.07 Å². The van der Waals surface area contributed by atoms with E-state index in [1.165, 1.54) is 17.7 Å². The molecule has 2 aliphatic heterocycles. The Hall–Kier alpha value is -2.38. The van der Waals surface area contributed by atoms with E-state index in [4.69, 9.17) is 0 Å². The molecule has 8 heteroatoms. The molecule has 24 heavy (non-hydrogen) atoms. The van der Waals surface area contributed by atoms with Crippen molar-refractivity contribution in [3.05, 3.63) is 17.5 Å². The molecule has 0 radical (unpaired) electrons. The maximum Gasteiger partial charge on any atom is 0.327 e. The third-order valence-electron chi connectivity index (χ3n) is 5.00. The van der Waals surface area contributed by atoms with Crippen molar-refractivity contribution in [3.63, 3.8) is 0 Å². The average Bonchev–Trinajstić information content (AvgIpc) is 3.35. The first-order valence-corrected chi connectivity index (χ1v) is 8.54. The fraction of sp³-hybridized carbons (Fsp3) is 0.625. The quantitative estimate of drug-likeness (QED) is 0.734. The molecule has 0 unspecified atom stereocenters. The van der Waals surface area contributed by atoms with Gasteiger partial charge in [-0.25, -0.2) is 4.79 Å². The number of urea groups is 1. The summed E-state index contributed by atoms with van der Waals surface area (Å²) < 4.78 is 1.96. The van der Waals surface area contributed by atoms with Gasteiger partial charge < -0.3 is 9.80 Å². The summed E-state index contributed by atoms with van der Waals surface area (Å²) in [6, 6.07) is 1.70. The number of imide groups is 1. The van der Waals surface area contributed by atoms with E-state index < -0.39 is 11.8 Å². The summed E-state index contributed by atoms with van der Waals surface area (Å²) in [5, 5.41) is 4.60. The number of likely N-dealkylation sites (N-methyl/N-ethyl adjacent to an activating group) is 1. The number of amides is 4. The first-order chi connectivity index (χ1) is 11.6. The smallest absolute Gasteiger partial charge is 0.327 e. The van der Waals surface area contributed by atoms with Crippen LogP contribution < -0.4 is 0 Å². The maximum atomic E-state index is 12.7. The average molecular weight is 331 g/mol. The van der Waals surface area contributed by atoms with E-state index in [1.807, 2.05) is 11.6 Å². The number of carbonyl (C=O) groups is 3. The van der Waals surface area contributed by atoms with Crippen LogP contribution in [0.25, 0.3) is 0 Å². The highest BCUT2D eigenvalue weighted by Gasteiger charge is 2.38. The van der Waals surface area contributed by atoms with Gasteiger partial charge in [0.25, 0.3) is 0 Å². The van der Waals surface area contributed by atoms with Crippen LogP contribution in [0.2, 0.25) is 0 Å². The number of rotatable bonds is 2. The summed E-state index contributed by atoms with van der Waals surface area (Å²) in [4.78, 5) is 41.1. The largest absolute Gasteiger partial charge is 0.333 e. The van der Waals surface area contributed by atoms with Crippen molar-refractivity contribution in [2.75, 3.05) is 26.2 Å². The van der Waals surface area contributed by atoms with Crippen molar-refractivity contribution in [1.29, 1.82) is 0 Å². The summed E-state index contributed by atoms with van der Waals surface area (Å²) in [5.41, 5.74) is 2.12. The summed E-state index contributed by atoms with van der Waals surface area (Å²) in [7, 11) is 0. The van der Waals surface area contributed by atoms with Crippen LogP contribution in [-0.4, -0.2) is 68.5 Å². The fourth-order valence-electron chi connectivity index (χ4n) is 3.36. The molecule has 3 heterocycles. The van der Waals surface area contributed by atoms with Crippen molar-refractivity contribution in [2.24, 2.45) is 0 Å². The van der Waals surface area contributed by atoms with E-state index in [2.05, 4.69) is 11.2 Å². The zero-order valence-electron chi connectivity index (χ0n) is 13.8. The second-order valence-corrected chi connectivity index (χ2v) is 6.60. The van der Waals surface area contributed by atoms with Gasteiger partial charge in [0.05, 0.1) is 24.5 Å². The van der Waals surface area contributed by atoms with E-state index in [1.54, 1.807) is 4.90 Å². The van der Waals surface area contributed by atoms with Gasteiger partial charge in [-0.3, -0.25) is 19.2 Å². The summed E-state index contributed by atoms with van der Waals surface area (Å²) in [5.74, 6) is -0.727. The number of hydrogen-bond acceptors (Lipinski definition) is 4. The van der Waals surface area contributed by atoms with Crippen molar-refractivity contribution in [3.8, 4) is 0 Å². The lowest BCUT2D eigenvalue weighted by Gasteiger charge is -2.36. The van der Waals surface area contributed by atoms with Gasteiger partial charge in [0.15, 0.2) is 0 Å². The number of nitrogens with zero attached hydrogens (tertiary/aromatic N) is 5. The summed E-state index contributed by atoms with van der Waals surface area (Å²) in [6.07, 6.45) is 2.38. The van der Waals surface area contributed by atoms with Gasteiger partial charge in [0, 0.05) is 32.1 Å². The molecule has 2 fully saturated rings. The fourth-order valence-corrected chi connectivity index (χ4v) is 3.36. The Morgan fingerprint density at radius 1 is 1.17 bits per heavy atom. The van der Waals surface area contributed by atoms with Gasteiger partial charge in [0.2, 0.25) is 0 Å².